The van der Waals surface area contributed by atoms with Gasteiger partial charge in [-0.25, -0.2) is 0 Å². The van der Waals surface area contributed by atoms with Gasteiger partial charge in [0.05, 0.1) is 6.10 Å². The fourth-order valence-corrected chi connectivity index (χ4v) is 7.18. The highest BCUT2D eigenvalue weighted by Crippen LogP contribution is 2.65. The van der Waals surface area contributed by atoms with Crippen LogP contribution in [-0.2, 0) is 4.79 Å². The summed E-state index contributed by atoms with van der Waals surface area (Å²) in [6, 6.07) is 0. The molecule has 2 nitrogen and oxygen atoms in total. The maximum atomic E-state index is 12.1. The fourth-order valence-electron chi connectivity index (χ4n) is 7.18. The zero-order valence-corrected chi connectivity index (χ0v) is 15.0. The number of Topliss-reactive ketones (excluding diaryl/α,β-unsaturated/α-hetero) is 1. The third kappa shape index (κ3) is 2.13. The van der Waals surface area contributed by atoms with Crippen molar-refractivity contribution in [1.29, 1.82) is 0 Å². The highest BCUT2D eigenvalue weighted by Gasteiger charge is 2.57. The SMILES string of the molecule is CC(=O)[C@H]1CC=C2[C@@H]3CC[C@H]4CC(O)CC[C@]4(C)[C@H]3CC[C@@]21C. The van der Waals surface area contributed by atoms with E-state index >= 15 is 0 Å². The molecule has 0 aromatic heterocycles. The molecule has 4 aliphatic rings. The fraction of sp³-hybridized carbons (Fsp3) is 0.857. The quantitative estimate of drug-likeness (QED) is 0.722. The van der Waals surface area contributed by atoms with Crippen LogP contribution in [0.1, 0.15) is 72.1 Å². The van der Waals surface area contributed by atoms with Gasteiger partial charge in [0, 0.05) is 5.92 Å². The Morgan fingerprint density at radius 3 is 2.70 bits per heavy atom. The summed E-state index contributed by atoms with van der Waals surface area (Å²) in [4.78, 5) is 12.1. The first-order valence-corrected chi connectivity index (χ1v) is 9.75. The molecule has 3 saturated carbocycles. The Labute approximate surface area is 140 Å². The van der Waals surface area contributed by atoms with Crippen LogP contribution in [0.25, 0.3) is 0 Å². The minimum absolute atomic E-state index is 0.0636. The Hall–Kier alpha value is -0.630. The van der Waals surface area contributed by atoms with Gasteiger partial charge in [0.1, 0.15) is 5.78 Å². The molecule has 0 spiro atoms. The van der Waals surface area contributed by atoms with Gasteiger partial charge in [-0.3, -0.25) is 4.79 Å². The Kier molecular flexibility index (Phi) is 3.58. The highest BCUT2D eigenvalue weighted by atomic mass is 16.3. The first-order chi connectivity index (χ1) is 10.9. The smallest absolute Gasteiger partial charge is 0.134 e. The van der Waals surface area contributed by atoms with Crippen molar-refractivity contribution in [1.82, 2.24) is 0 Å². The summed E-state index contributed by atoms with van der Waals surface area (Å²) in [6.45, 7) is 6.67. The third-order valence-electron chi connectivity index (χ3n) is 8.53. The van der Waals surface area contributed by atoms with Crippen molar-refractivity contribution in [2.24, 2.45) is 34.5 Å². The van der Waals surface area contributed by atoms with E-state index in [0.717, 1.165) is 25.2 Å². The molecule has 0 saturated heterocycles. The molecule has 1 N–H and O–H groups in total. The van der Waals surface area contributed by atoms with Crippen LogP contribution in [0.4, 0.5) is 0 Å². The van der Waals surface area contributed by atoms with E-state index in [4.69, 9.17) is 0 Å². The Balaban J connectivity index is 1.64. The van der Waals surface area contributed by atoms with Crippen LogP contribution in [0.15, 0.2) is 11.6 Å². The van der Waals surface area contributed by atoms with Crippen molar-refractivity contribution >= 4 is 5.78 Å². The number of hydrogen-bond donors (Lipinski definition) is 1. The summed E-state index contributed by atoms with van der Waals surface area (Å²) in [6.07, 6.45) is 11.6. The summed E-state index contributed by atoms with van der Waals surface area (Å²) in [5.41, 5.74) is 2.20. The third-order valence-corrected chi connectivity index (χ3v) is 8.53. The van der Waals surface area contributed by atoms with Crippen molar-refractivity contribution in [2.75, 3.05) is 0 Å². The van der Waals surface area contributed by atoms with E-state index in [-0.39, 0.29) is 17.4 Å². The lowest BCUT2D eigenvalue weighted by molar-refractivity contribution is -0.125. The number of ketones is 1. The Bertz CT molecular complexity index is 550. The second-order valence-corrected chi connectivity index (χ2v) is 9.44. The Morgan fingerprint density at radius 1 is 1.17 bits per heavy atom. The molecule has 0 amide bonds. The topological polar surface area (TPSA) is 37.3 Å². The number of fused-ring (bicyclic) bond motifs is 5. The number of aliphatic hydroxyl groups is 1. The standard InChI is InChI=1S/C21H32O2/c1-13(22)17-6-7-18-16-5-4-14-12-15(23)8-10-20(14,2)19(16)9-11-21(17,18)3/h7,14-17,19,23H,4-6,8-12H2,1-3H3/t14-,15?,16-,17+,19-,20-,21+/m0/s1. The first-order valence-electron chi connectivity index (χ1n) is 9.75. The number of hydrogen-bond acceptors (Lipinski definition) is 2. The van der Waals surface area contributed by atoms with Crippen LogP contribution < -0.4 is 0 Å². The lowest BCUT2D eigenvalue weighted by atomic mass is 9.46. The highest BCUT2D eigenvalue weighted by molar-refractivity contribution is 5.80. The van der Waals surface area contributed by atoms with Gasteiger partial charge in [0.25, 0.3) is 0 Å². The molecule has 0 bridgehead atoms. The van der Waals surface area contributed by atoms with E-state index in [1.165, 1.54) is 32.1 Å². The van der Waals surface area contributed by atoms with Gasteiger partial charge in [-0.15, -0.1) is 0 Å². The van der Waals surface area contributed by atoms with E-state index in [0.29, 0.717) is 23.0 Å². The molecule has 7 atom stereocenters. The molecule has 0 heterocycles. The summed E-state index contributed by atoms with van der Waals surface area (Å²) < 4.78 is 0. The predicted molar refractivity (Wildman–Crippen MR) is 91.9 cm³/mol. The predicted octanol–water partition coefficient (Wildman–Crippen LogP) is 4.52. The van der Waals surface area contributed by atoms with Crippen LogP contribution in [0.3, 0.4) is 0 Å². The molecule has 4 aliphatic carbocycles. The molecule has 0 aromatic rings. The van der Waals surface area contributed by atoms with Crippen molar-refractivity contribution in [3.05, 3.63) is 11.6 Å². The van der Waals surface area contributed by atoms with E-state index in [1.807, 2.05) is 0 Å². The van der Waals surface area contributed by atoms with Gasteiger partial charge < -0.3 is 5.11 Å². The van der Waals surface area contributed by atoms with E-state index in [9.17, 15) is 9.90 Å². The van der Waals surface area contributed by atoms with E-state index in [1.54, 1.807) is 12.5 Å². The molecule has 0 radical (unpaired) electrons. The number of rotatable bonds is 1. The average molecular weight is 316 g/mol. The van der Waals surface area contributed by atoms with Crippen LogP contribution >= 0.6 is 0 Å². The molecule has 4 rings (SSSR count). The van der Waals surface area contributed by atoms with E-state index < -0.39 is 0 Å². The molecule has 3 fully saturated rings. The summed E-state index contributed by atoms with van der Waals surface area (Å²) >= 11 is 0. The average Bonchev–Trinajstić information content (AvgIpc) is 2.85. The summed E-state index contributed by atoms with van der Waals surface area (Å²) in [7, 11) is 0. The molecule has 2 heteroatoms. The van der Waals surface area contributed by atoms with Crippen molar-refractivity contribution < 1.29 is 9.90 Å². The largest absolute Gasteiger partial charge is 0.393 e. The second-order valence-electron chi connectivity index (χ2n) is 9.44. The molecular weight excluding hydrogens is 284 g/mol. The molecule has 128 valence electrons. The molecule has 23 heavy (non-hydrogen) atoms. The van der Waals surface area contributed by atoms with Gasteiger partial charge in [-0.1, -0.05) is 25.5 Å². The lowest BCUT2D eigenvalue weighted by Crippen LogP contribution is -2.52. The lowest BCUT2D eigenvalue weighted by Gasteiger charge is -2.59. The van der Waals surface area contributed by atoms with Gasteiger partial charge >= 0.3 is 0 Å². The molecule has 0 aromatic carbocycles. The van der Waals surface area contributed by atoms with Gasteiger partial charge in [-0.05, 0) is 86.9 Å². The summed E-state index contributed by atoms with van der Waals surface area (Å²) in [5, 5.41) is 10.1. The van der Waals surface area contributed by atoms with Gasteiger partial charge in [0.2, 0.25) is 0 Å². The monoisotopic (exact) mass is 316 g/mol. The molecule has 1 unspecified atom stereocenters. The minimum atomic E-state index is -0.0636. The maximum absolute atomic E-state index is 12.1. The van der Waals surface area contributed by atoms with E-state index in [2.05, 4.69) is 19.9 Å². The molecular formula is C21H32O2. The van der Waals surface area contributed by atoms with Crippen molar-refractivity contribution in [2.45, 2.75) is 78.2 Å². The Morgan fingerprint density at radius 2 is 1.96 bits per heavy atom. The van der Waals surface area contributed by atoms with Crippen molar-refractivity contribution in [3.63, 3.8) is 0 Å². The van der Waals surface area contributed by atoms with Crippen LogP contribution in [0.5, 0.6) is 0 Å². The van der Waals surface area contributed by atoms with Gasteiger partial charge in [0.15, 0.2) is 0 Å². The van der Waals surface area contributed by atoms with Gasteiger partial charge in [-0.2, -0.15) is 0 Å². The zero-order valence-electron chi connectivity index (χ0n) is 15.0. The number of carbonyl (C=O) groups is 1. The number of aliphatic hydroxyl groups excluding tert-OH is 1. The normalized spacial score (nSPS) is 52.2. The van der Waals surface area contributed by atoms with Crippen LogP contribution in [0.2, 0.25) is 0 Å². The molecule has 0 aliphatic heterocycles. The minimum Gasteiger partial charge on any atom is -0.393 e. The number of allylic oxidation sites excluding steroid dienone is 2. The second kappa shape index (κ2) is 5.18. The van der Waals surface area contributed by atoms with Crippen molar-refractivity contribution in [3.8, 4) is 0 Å². The maximum Gasteiger partial charge on any atom is 0.134 e. The van der Waals surface area contributed by atoms with Crippen LogP contribution in [-0.4, -0.2) is 17.0 Å². The summed E-state index contributed by atoms with van der Waals surface area (Å²) in [5.74, 6) is 2.81. The van der Waals surface area contributed by atoms with Crippen LogP contribution in [0, 0.1) is 34.5 Å². The zero-order chi connectivity index (χ0) is 16.4. The number of carbonyl (C=O) groups excluding carboxylic acids is 1. The first kappa shape index (κ1) is 15.9.